The van der Waals surface area contributed by atoms with Crippen molar-refractivity contribution in [1.29, 1.82) is 0 Å². The summed E-state index contributed by atoms with van der Waals surface area (Å²) in [5.74, 6) is 0.153. The van der Waals surface area contributed by atoms with E-state index >= 15 is 0 Å². The molecule has 0 aromatic heterocycles. The van der Waals surface area contributed by atoms with Crippen molar-refractivity contribution in [2.24, 2.45) is 5.41 Å². The molecule has 1 atom stereocenters. The summed E-state index contributed by atoms with van der Waals surface area (Å²) in [5, 5.41) is 3.00. The van der Waals surface area contributed by atoms with Crippen molar-refractivity contribution < 1.29 is 14.0 Å². The monoisotopic (exact) mass is 432 g/mol. The van der Waals surface area contributed by atoms with Crippen molar-refractivity contribution in [3.8, 4) is 0 Å². The standard InChI is InChI=1S/C27H29FN2O2/c28-22-10-8-20(9-11-22)23-19-29-24(31)18-26(23)14-16-30(17-15-26)25(32)27(12-4-5-13-27)21-6-2-1-3-7-21/h1-11,23H,12-19H2,(H,29,31)/t23-/m0/s1. The van der Waals surface area contributed by atoms with Gasteiger partial charge in [-0.3, -0.25) is 9.59 Å². The average Bonchev–Trinajstić information content (AvgIpc) is 3.32. The molecule has 4 nitrogen and oxygen atoms in total. The number of carbonyl (C=O) groups excluding carboxylic acids is 2. The van der Waals surface area contributed by atoms with Gasteiger partial charge in [0.2, 0.25) is 11.8 Å². The molecule has 5 rings (SSSR count). The highest BCUT2D eigenvalue weighted by Crippen LogP contribution is 2.49. The van der Waals surface area contributed by atoms with E-state index in [0.717, 1.165) is 36.8 Å². The van der Waals surface area contributed by atoms with Gasteiger partial charge in [-0.2, -0.15) is 0 Å². The predicted molar refractivity (Wildman–Crippen MR) is 122 cm³/mol. The number of likely N-dealkylation sites (tertiary alicyclic amines) is 1. The second kappa shape index (κ2) is 8.19. The molecule has 0 unspecified atom stereocenters. The zero-order valence-electron chi connectivity index (χ0n) is 18.2. The van der Waals surface area contributed by atoms with Gasteiger partial charge >= 0.3 is 0 Å². The normalized spacial score (nSPS) is 23.8. The molecule has 1 aliphatic carbocycles. The van der Waals surface area contributed by atoms with Gasteiger partial charge in [-0.15, -0.1) is 0 Å². The van der Waals surface area contributed by atoms with Crippen molar-refractivity contribution >= 4 is 11.8 Å². The summed E-state index contributed by atoms with van der Waals surface area (Å²) < 4.78 is 13.5. The second-order valence-electron chi connectivity index (χ2n) is 9.57. The van der Waals surface area contributed by atoms with Crippen LogP contribution in [0, 0.1) is 11.2 Å². The molecule has 0 bridgehead atoms. The summed E-state index contributed by atoms with van der Waals surface area (Å²) in [4.78, 5) is 28.2. The molecule has 2 aromatic carbocycles. The third-order valence-corrected chi connectivity index (χ3v) is 7.91. The van der Waals surface area contributed by atoms with E-state index in [1.165, 1.54) is 12.1 Å². The van der Waals surface area contributed by atoms with Crippen LogP contribution < -0.4 is 5.32 Å². The Balaban J connectivity index is 1.37. The molecule has 3 aliphatic rings. The molecule has 32 heavy (non-hydrogen) atoms. The molecule has 1 spiro atoms. The predicted octanol–water partition coefficient (Wildman–Crippen LogP) is 4.33. The zero-order chi connectivity index (χ0) is 22.2. The molecular weight excluding hydrogens is 403 g/mol. The number of rotatable bonds is 3. The fraction of sp³-hybridized carbons (Fsp3) is 0.407. The summed E-state index contributed by atoms with van der Waals surface area (Å²) in [6.07, 6.45) is 7.73. The van der Waals surface area contributed by atoms with Gasteiger partial charge in [0.15, 0.2) is 0 Å². The number of benzene rings is 2. The zero-order valence-corrected chi connectivity index (χ0v) is 18.2. The fourth-order valence-corrected chi connectivity index (χ4v) is 6.03. The first-order chi connectivity index (χ1) is 15.5. The molecule has 2 aliphatic heterocycles. The Hall–Kier alpha value is -2.95. The number of halogens is 1. The second-order valence-corrected chi connectivity index (χ2v) is 9.57. The molecule has 166 valence electrons. The van der Waals surface area contributed by atoms with Crippen LogP contribution >= 0.6 is 0 Å². The molecule has 5 heteroatoms. The summed E-state index contributed by atoms with van der Waals surface area (Å²) in [6.45, 7) is 1.87. The smallest absolute Gasteiger partial charge is 0.233 e. The molecule has 0 saturated carbocycles. The maximum atomic E-state index is 13.8. The van der Waals surface area contributed by atoms with Gasteiger partial charge in [0, 0.05) is 32.0 Å². The molecule has 2 saturated heterocycles. The van der Waals surface area contributed by atoms with Crippen molar-refractivity contribution in [2.75, 3.05) is 19.6 Å². The van der Waals surface area contributed by atoms with Crippen LogP contribution in [0.15, 0.2) is 66.7 Å². The molecule has 2 fully saturated rings. The molecule has 2 aromatic rings. The number of hydrogen-bond donors (Lipinski definition) is 1. The van der Waals surface area contributed by atoms with Gasteiger partial charge in [-0.25, -0.2) is 4.39 Å². The molecular formula is C27H29FN2O2. The maximum absolute atomic E-state index is 13.8. The van der Waals surface area contributed by atoms with E-state index < -0.39 is 5.41 Å². The minimum absolute atomic E-state index is 0.0730. The first kappa shape index (κ1) is 20.9. The Morgan fingerprint density at radius 2 is 1.62 bits per heavy atom. The highest BCUT2D eigenvalue weighted by Gasteiger charge is 2.49. The van der Waals surface area contributed by atoms with Gasteiger partial charge in [0.25, 0.3) is 0 Å². The van der Waals surface area contributed by atoms with Gasteiger partial charge in [-0.1, -0.05) is 54.6 Å². The lowest BCUT2D eigenvalue weighted by Gasteiger charge is -2.50. The first-order valence-electron chi connectivity index (χ1n) is 11.5. The van der Waals surface area contributed by atoms with Crippen LogP contribution in [-0.4, -0.2) is 36.3 Å². The van der Waals surface area contributed by atoms with Crippen molar-refractivity contribution in [3.05, 3.63) is 83.7 Å². The fourth-order valence-electron chi connectivity index (χ4n) is 6.03. The third-order valence-electron chi connectivity index (χ3n) is 7.91. The SMILES string of the molecule is O=C1CC2(CCN(C(=O)C3(c4ccccc4)CC=CC3)CC2)[C@H](c2ccc(F)cc2)CN1. The van der Waals surface area contributed by atoms with Crippen LogP contribution in [0.25, 0.3) is 0 Å². The number of hydrogen-bond acceptors (Lipinski definition) is 2. The lowest BCUT2D eigenvalue weighted by molar-refractivity contribution is -0.141. The van der Waals surface area contributed by atoms with Crippen molar-refractivity contribution in [1.82, 2.24) is 10.2 Å². The number of piperidine rings is 2. The van der Waals surface area contributed by atoms with Crippen molar-refractivity contribution in [3.63, 3.8) is 0 Å². The number of nitrogens with one attached hydrogen (secondary N) is 1. The van der Waals surface area contributed by atoms with E-state index in [1.54, 1.807) is 0 Å². The number of carbonyl (C=O) groups is 2. The van der Waals surface area contributed by atoms with E-state index in [4.69, 9.17) is 0 Å². The quantitative estimate of drug-likeness (QED) is 0.734. The van der Waals surface area contributed by atoms with E-state index in [-0.39, 0.29) is 29.0 Å². The Labute approximate surface area is 188 Å². The summed E-state index contributed by atoms with van der Waals surface area (Å²) in [5.41, 5.74) is 1.44. The Bertz CT molecular complexity index is 1020. The van der Waals surface area contributed by atoms with E-state index in [9.17, 15) is 14.0 Å². The Kier molecular flexibility index (Phi) is 5.36. The van der Waals surface area contributed by atoms with Gasteiger partial charge in [0.05, 0.1) is 5.41 Å². The van der Waals surface area contributed by atoms with Gasteiger partial charge in [-0.05, 0) is 54.4 Å². The van der Waals surface area contributed by atoms with E-state index in [1.807, 2.05) is 35.2 Å². The number of amides is 2. The highest BCUT2D eigenvalue weighted by molar-refractivity contribution is 5.89. The third kappa shape index (κ3) is 3.54. The largest absolute Gasteiger partial charge is 0.355 e. The van der Waals surface area contributed by atoms with E-state index in [2.05, 4.69) is 29.6 Å². The van der Waals surface area contributed by atoms with E-state index in [0.29, 0.717) is 26.1 Å². The number of nitrogens with zero attached hydrogens (tertiary/aromatic N) is 1. The molecule has 2 heterocycles. The Morgan fingerprint density at radius 3 is 2.28 bits per heavy atom. The van der Waals surface area contributed by atoms with Crippen LogP contribution in [0.2, 0.25) is 0 Å². The summed E-state index contributed by atoms with van der Waals surface area (Å²) in [6, 6.07) is 16.8. The summed E-state index contributed by atoms with van der Waals surface area (Å²) in [7, 11) is 0. The molecule has 0 radical (unpaired) electrons. The average molecular weight is 433 g/mol. The summed E-state index contributed by atoms with van der Waals surface area (Å²) >= 11 is 0. The minimum Gasteiger partial charge on any atom is -0.355 e. The van der Waals surface area contributed by atoms with Crippen molar-refractivity contribution in [2.45, 2.75) is 43.4 Å². The van der Waals surface area contributed by atoms with Crippen LogP contribution in [0.5, 0.6) is 0 Å². The lowest BCUT2D eigenvalue weighted by atomic mass is 9.62. The highest BCUT2D eigenvalue weighted by atomic mass is 19.1. The van der Waals surface area contributed by atoms with Gasteiger partial charge < -0.3 is 10.2 Å². The molecule has 2 amide bonds. The minimum atomic E-state index is -0.508. The molecule has 1 N–H and O–H groups in total. The number of allylic oxidation sites excluding steroid dienone is 2. The van der Waals surface area contributed by atoms with Crippen LogP contribution in [0.4, 0.5) is 4.39 Å². The lowest BCUT2D eigenvalue weighted by Crippen LogP contribution is -2.55. The van der Waals surface area contributed by atoms with Crippen LogP contribution in [-0.2, 0) is 15.0 Å². The Morgan fingerprint density at radius 1 is 0.969 bits per heavy atom. The first-order valence-corrected chi connectivity index (χ1v) is 11.5. The van der Waals surface area contributed by atoms with Crippen LogP contribution in [0.1, 0.15) is 49.1 Å². The maximum Gasteiger partial charge on any atom is 0.233 e. The topological polar surface area (TPSA) is 49.4 Å². The van der Waals surface area contributed by atoms with Crippen LogP contribution in [0.3, 0.4) is 0 Å². The van der Waals surface area contributed by atoms with Gasteiger partial charge in [0.1, 0.15) is 5.82 Å².